The minimum absolute atomic E-state index is 1.09. The third-order valence-electron chi connectivity index (χ3n) is 2.66. The van der Waals surface area contributed by atoms with Crippen molar-refractivity contribution in [3.63, 3.8) is 0 Å². The van der Waals surface area contributed by atoms with E-state index >= 15 is 0 Å². The monoisotopic (exact) mass is 177 g/mol. The smallest absolute Gasteiger partial charge is 0.0696 e. The van der Waals surface area contributed by atoms with E-state index in [-0.39, 0.29) is 0 Å². The van der Waals surface area contributed by atoms with Crippen molar-refractivity contribution in [2.45, 2.75) is 44.9 Å². The zero-order chi connectivity index (χ0) is 8.93. The van der Waals surface area contributed by atoms with Crippen LogP contribution in [0.3, 0.4) is 0 Å². The van der Waals surface area contributed by atoms with E-state index in [1.807, 2.05) is 6.20 Å². The molecule has 0 amide bonds. The van der Waals surface area contributed by atoms with Crippen molar-refractivity contribution in [1.29, 1.82) is 0 Å². The molecule has 0 spiro atoms. The lowest BCUT2D eigenvalue weighted by molar-refractivity contribution is 0.627. The van der Waals surface area contributed by atoms with Gasteiger partial charge in [0.25, 0.3) is 0 Å². The lowest BCUT2D eigenvalue weighted by Crippen LogP contribution is -2.01. The number of aryl methyl sites for hydroxylation is 2. The largest absolute Gasteiger partial charge is 0.138 e. The molecule has 0 saturated heterocycles. The van der Waals surface area contributed by atoms with Crippen LogP contribution < -0.4 is 0 Å². The van der Waals surface area contributed by atoms with E-state index in [4.69, 9.17) is 0 Å². The van der Waals surface area contributed by atoms with E-state index in [1.54, 1.807) is 0 Å². The van der Waals surface area contributed by atoms with Gasteiger partial charge in [-0.3, -0.25) is 0 Å². The molecule has 1 heterocycles. The Balaban J connectivity index is 2.17. The van der Waals surface area contributed by atoms with Crippen molar-refractivity contribution in [1.82, 2.24) is 15.4 Å². The van der Waals surface area contributed by atoms with Crippen LogP contribution in [0.4, 0.5) is 0 Å². The lowest BCUT2D eigenvalue weighted by Gasteiger charge is -2.02. The number of rotatable bonds is 0. The first-order valence-electron chi connectivity index (χ1n) is 5.13. The van der Waals surface area contributed by atoms with Gasteiger partial charge in [0.2, 0.25) is 0 Å². The first-order chi connectivity index (χ1) is 6.47. The summed E-state index contributed by atoms with van der Waals surface area (Å²) >= 11 is 0. The Morgan fingerprint density at radius 2 is 1.69 bits per heavy atom. The summed E-state index contributed by atoms with van der Waals surface area (Å²) in [5.41, 5.74) is 2.49. The Bertz CT molecular complexity index is 246. The molecule has 0 N–H and O–H groups in total. The van der Waals surface area contributed by atoms with Crippen molar-refractivity contribution in [2.24, 2.45) is 0 Å². The molecule has 1 aromatic heterocycles. The molecule has 2 rings (SSSR count). The molecule has 13 heavy (non-hydrogen) atoms. The zero-order valence-electron chi connectivity index (χ0n) is 7.87. The molecule has 0 bridgehead atoms. The minimum atomic E-state index is 1.09. The zero-order valence-corrected chi connectivity index (χ0v) is 7.87. The van der Waals surface area contributed by atoms with Gasteiger partial charge in [0.1, 0.15) is 0 Å². The van der Waals surface area contributed by atoms with E-state index in [9.17, 15) is 0 Å². The summed E-state index contributed by atoms with van der Waals surface area (Å²) in [7, 11) is 0. The van der Waals surface area contributed by atoms with Crippen LogP contribution in [0.2, 0.25) is 0 Å². The first kappa shape index (κ1) is 8.60. The van der Waals surface area contributed by atoms with Crippen LogP contribution in [0, 0.1) is 0 Å². The van der Waals surface area contributed by atoms with Gasteiger partial charge in [-0.1, -0.05) is 19.3 Å². The molecule has 0 fully saturated rings. The van der Waals surface area contributed by atoms with Crippen molar-refractivity contribution in [3.8, 4) is 0 Å². The molecular formula is C10H15N3. The van der Waals surface area contributed by atoms with Gasteiger partial charge in [0, 0.05) is 0 Å². The quantitative estimate of drug-likeness (QED) is 0.607. The van der Waals surface area contributed by atoms with Crippen LogP contribution in [0.25, 0.3) is 0 Å². The third-order valence-corrected chi connectivity index (χ3v) is 2.66. The lowest BCUT2D eigenvalue weighted by atomic mass is 10.1. The highest BCUT2D eigenvalue weighted by Gasteiger charge is 2.07. The molecule has 0 atom stereocenters. The Labute approximate surface area is 78.6 Å². The van der Waals surface area contributed by atoms with E-state index < -0.39 is 0 Å². The second kappa shape index (κ2) is 4.30. The second-order valence-electron chi connectivity index (χ2n) is 3.67. The molecule has 1 aliphatic carbocycles. The summed E-state index contributed by atoms with van der Waals surface area (Å²) in [4.78, 5) is 0. The molecule has 0 unspecified atom stereocenters. The van der Waals surface area contributed by atoms with Gasteiger partial charge in [0.05, 0.1) is 11.9 Å². The number of fused-ring (bicyclic) bond motifs is 1. The maximum Gasteiger partial charge on any atom is 0.0696 e. The summed E-state index contributed by atoms with van der Waals surface area (Å²) in [5.74, 6) is 0. The molecule has 1 aliphatic rings. The molecule has 3 heteroatoms. The van der Waals surface area contributed by atoms with Gasteiger partial charge >= 0.3 is 0 Å². The molecule has 0 aromatic carbocycles. The molecule has 1 aromatic rings. The van der Waals surface area contributed by atoms with E-state index in [2.05, 4.69) is 15.4 Å². The number of nitrogens with zero attached hydrogens (tertiary/aromatic N) is 3. The van der Waals surface area contributed by atoms with E-state index in [0.717, 1.165) is 12.8 Å². The standard InChI is InChI=1S/C10H15N3/c1-2-4-6-9-8-11-13-12-10(9)7-5-3-1/h8H,1-7H2. The number of aromatic nitrogens is 3. The highest BCUT2D eigenvalue weighted by Crippen LogP contribution is 2.16. The Hall–Kier alpha value is -0.990. The van der Waals surface area contributed by atoms with Crippen LogP contribution in [-0.2, 0) is 12.8 Å². The van der Waals surface area contributed by atoms with Crippen molar-refractivity contribution < 1.29 is 0 Å². The number of hydrogen-bond donors (Lipinski definition) is 0. The van der Waals surface area contributed by atoms with Gasteiger partial charge < -0.3 is 0 Å². The molecule has 0 aliphatic heterocycles. The van der Waals surface area contributed by atoms with Crippen LogP contribution in [0.5, 0.6) is 0 Å². The highest BCUT2D eigenvalue weighted by molar-refractivity contribution is 5.15. The van der Waals surface area contributed by atoms with E-state index in [0.29, 0.717) is 0 Å². The Morgan fingerprint density at radius 3 is 2.62 bits per heavy atom. The van der Waals surface area contributed by atoms with Gasteiger partial charge in [-0.15, -0.1) is 10.2 Å². The van der Waals surface area contributed by atoms with Crippen molar-refractivity contribution in [2.75, 3.05) is 0 Å². The SMILES string of the molecule is c1nnnc2c1CCCCCCC2. The normalized spacial score (nSPS) is 18.2. The first-order valence-corrected chi connectivity index (χ1v) is 5.13. The molecular weight excluding hydrogens is 162 g/mol. The predicted octanol–water partition coefficient (Wildman–Crippen LogP) is 1.92. The minimum Gasteiger partial charge on any atom is -0.138 e. The Kier molecular flexibility index (Phi) is 2.85. The average Bonchev–Trinajstić information content (AvgIpc) is 2.28. The van der Waals surface area contributed by atoms with Crippen LogP contribution in [0.15, 0.2) is 6.20 Å². The van der Waals surface area contributed by atoms with Gasteiger partial charge in [-0.05, 0) is 36.5 Å². The van der Waals surface area contributed by atoms with Crippen LogP contribution in [0.1, 0.15) is 43.4 Å². The fraction of sp³-hybridized carbons (Fsp3) is 0.700. The van der Waals surface area contributed by atoms with Gasteiger partial charge in [0.15, 0.2) is 0 Å². The van der Waals surface area contributed by atoms with Crippen molar-refractivity contribution >= 4 is 0 Å². The van der Waals surface area contributed by atoms with Gasteiger partial charge in [-0.2, -0.15) is 0 Å². The second-order valence-corrected chi connectivity index (χ2v) is 3.67. The van der Waals surface area contributed by atoms with Gasteiger partial charge in [-0.25, -0.2) is 0 Å². The summed E-state index contributed by atoms with van der Waals surface area (Å²) in [6.45, 7) is 0. The fourth-order valence-electron chi connectivity index (χ4n) is 1.87. The van der Waals surface area contributed by atoms with Crippen LogP contribution in [-0.4, -0.2) is 15.4 Å². The topological polar surface area (TPSA) is 38.7 Å². The number of hydrogen-bond acceptors (Lipinski definition) is 3. The predicted molar refractivity (Wildman–Crippen MR) is 50.3 cm³/mol. The summed E-state index contributed by atoms with van der Waals surface area (Å²) in [5, 5.41) is 11.6. The average molecular weight is 177 g/mol. The third kappa shape index (κ3) is 2.23. The summed E-state index contributed by atoms with van der Waals surface area (Å²) < 4.78 is 0. The molecule has 70 valence electrons. The maximum absolute atomic E-state index is 4.10. The molecule has 3 nitrogen and oxygen atoms in total. The molecule has 0 radical (unpaired) electrons. The Morgan fingerprint density at radius 1 is 0.923 bits per heavy atom. The maximum atomic E-state index is 4.10. The fourth-order valence-corrected chi connectivity index (χ4v) is 1.87. The van der Waals surface area contributed by atoms with E-state index in [1.165, 1.54) is 43.4 Å². The van der Waals surface area contributed by atoms with Crippen molar-refractivity contribution in [3.05, 3.63) is 17.5 Å². The summed E-state index contributed by atoms with van der Waals surface area (Å²) in [6, 6.07) is 0. The van der Waals surface area contributed by atoms with Crippen LogP contribution >= 0.6 is 0 Å². The summed E-state index contributed by atoms with van der Waals surface area (Å²) in [6.07, 6.45) is 10.7. The molecule has 0 saturated carbocycles. The highest BCUT2D eigenvalue weighted by atomic mass is 15.3.